The van der Waals surface area contributed by atoms with Crippen LogP contribution in [0.15, 0.2) is 36.4 Å². The number of rotatable bonds is 5. The van der Waals surface area contributed by atoms with Crippen molar-refractivity contribution in [3.63, 3.8) is 0 Å². The Labute approximate surface area is 136 Å². The molecule has 1 aliphatic rings. The molecular weight excluding hydrogens is 288 g/mol. The third kappa shape index (κ3) is 4.06. The van der Waals surface area contributed by atoms with Gasteiger partial charge in [0.05, 0.1) is 0 Å². The molecule has 0 unspecified atom stereocenters. The second kappa shape index (κ2) is 7.22. The van der Waals surface area contributed by atoms with Crippen LogP contribution in [0.4, 0.5) is 11.5 Å². The van der Waals surface area contributed by atoms with Crippen molar-refractivity contribution in [1.82, 2.24) is 10.2 Å². The van der Waals surface area contributed by atoms with Crippen LogP contribution in [0.2, 0.25) is 0 Å². The first-order valence-electron chi connectivity index (χ1n) is 8.25. The molecule has 5 nitrogen and oxygen atoms in total. The summed E-state index contributed by atoms with van der Waals surface area (Å²) < 4.78 is 0. The van der Waals surface area contributed by atoms with E-state index in [2.05, 4.69) is 27.8 Å². The Bertz CT molecular complexity index is 646. The summed E-state index contributed by atoms with van der Waals surface area (Å²) in [7, 11) is 0. The van der Waals surface area contributed by atoms with Crippen molar-refractivity contribution in [3.8, 4) is 0 Å². The molecule has 0 bridgehead atoms. The van der Waals surface area contributed by atoms with Crippen molar-refractivity contribution in [2.75, 3.05) is 10.6 Å². The second-order valence-corrected chi connectivity index (χ2v) is 5.93. The van der Waals surface area contributed by atoms with E-state index in [-0.39, 0.29) is 5.91 Å². The first-order valence-corrected chi connectivity index (χ1v) is 8.25. The lowest BCUT2D eigenvalue weighted by atomic mass is 10.1. The van der Waals surface area contributed by atoms with Crippen molar-refractivity contribution in [1.29, 1.82) is 0 Å². The molecule has 120 valence electrons. The lowest BCUT2D eigenvalue weighted by Crippen LogP contribution is -2.18. The first kappa shape index (κ1) is 15.5. The van der Waals surface area contributed by atoms with E-state index in [9.17, 15) is 4.79 Å². The van der Waals surface area contributed by atoms with E-state index < -0.39 is 0 Å². The van der Waals surface area contributed by atoms with Gasteiger partial charge in [-0.25, -0.2) is 0 Å². The molecule has 1 saturated carbocycles. The van der Waals surface area contributed by atoms with Crippen molar-refractivity contribution < 1.29 is 4.79 Å². The molecule has 1 aliphatic carbocycles. The topological polar surface area (TPSA) is 66.9 Å². The summed E-state index contributed by atoms with van der Waals surface area (Å²) in [5.74, 6) is 0.495. The number of carbonyl (C=O) groups is 1. The fourth-order valence-corrected chi connectivity index (χ4v) is 2.83. The summed E-state index contributed by atoms with van der Waals surface area (Å²) in [6.45, 7) is 2.10. The number of benzene rings is 1. The molecule has 5 heteroatoms. The average molecular weight is 310 g/mol. The molecular formula is C18H22N4O. The van der Waals surface area contributed by atoms with Gasteiger partial charge < -0.3 is 10.6 Å². The third-order valence-corrected chi connectivity index (χ3v) is 4.22. The van der Waals surface area contributed by atoms with Crippen molar-refractivity contribution in [2.45, 2.75) is 45.1 Å². The SMILES string of the molecule is CCc1ccc(NC(=O)c2ccc(NC3CCCC3)nn2)cc1. The first-order chi connectivity index (χ1) is 11.2. The molecule has 0 spiro atoms. The highest BCUT2D eigenvalue weighted by Gasteiger charge is 2.15. The van der Waals surface area contributed by atoms with Gasteiger partial charge in [0, 0.05) is 11.7 Å². The van der Waals surface area contributed by atoms with Crippen LogP contribution in [0.1, 0.15) is 48.7 Å². The summed E-state index contributed by atoms with van der Waals surface area (Å²) in [4.78, 5) is 12.2. The minimum absolute atomic E-state index is 0.242. The molecule has 0 atom stereocenters. The monoisotopic (exact) mass is 310 g/mol. The fraction of sp³-hybridized carbons (Fsp3) is 0.389. The lowest BCUT2D eigenvalue weighted by molar-refractivity contribution is 0.102. The number of amides is 1. The van der Waals surface area contributed by atoms with Gasteiger partial charge in [-0.2, -0.15) is 0 Å². The number of aryl methyl sites for hydroxylation is 1. The molecule has 0 aliphatic heterocycles. The number of nitrogens with zero attached hydrogens (tertiary/aromatic N) is 2. The van der Waals surface area contributed by atoms with E-state index in [1.165, 1.54) is 31.2 Å². The number of carbonyl (C=O) groups excluding carboxylic acids is 1. The summed E-state index contributed by atoms with van der Waals surface area (Å²) in [5, 5.41) is 14.3. The van der Waals surface area contributed by atoms with Crippen LogP contribution in [0.25, 0.3) is 0 Å². The maximum absolute atomic E-state index is 12.2. The Kier molecular flexibility index (Phi) is 4.86. The summed E-state index contributed by atoms with van der Waals surface area (Å²) in [6, 6.07) is 11.8. The largest absolute Gasteiger partial charge is 0.366 e. The molecule has 0 saturated heterocycles. The molecule has 1 heterocycles. The highest BCUT2D eigenvalue weighted by molar-refractivity contribution is 6.02. The second-order valence-electron chi connectivity index (χ2n) is 5.93. The minimum Gasteiger partial charge on any atom is -0.366 e. The van der Waals surface area contributed by atoms with Crippen LogP contribution in [-0.2, 0) is 6.42 Å². The third-order valence-electron chi connectivity index (χ3n) is 4.22. The van der Waals surface area contributed by atoms with Gasteiger partial charge in [0.2, 0.25) is 0 Å². The molecule has 0 radical (unpaired) electrons. The zero-order chi connectivity index (χ0) is 16.1. The summed E-state index contributed by atoms with van der Waals surface area (Å²) in [5.41, 5.74) is 2.33. The van der Waals surface area contributed by atoms with E-state index in [4.69, 9.17) is 0 Å². The predicted octanol–water partition coefficient (Wildman–Crippen LogP) is 3.65. The Morgan fingerprint density at radius 1 is 1.09 bits per heavy atom. The van der Waals surface area contributed by atoms with Crippen molar-refractivity contribution >= 4 is 17.4 Å². The minimum atomic E-state index is -0.242. The zero-order valence-corrected chi connectivity index (χ0v) is 13.4. The molecule has 2 aromatic rings. The number of anilines is 2. The number of nitrogens with one attached hydrogen (secondary N) is 2. The number of hydrogen-bond donors (Lipinski definition) is 2. The Balaban J connectivity index is 1.60. The lowest BCUT2D eigenvalue weighted by Gasteiger charge is -2.12. The van der Waals surface area contributed by atoms with E-state index >= 15 is 0 Å². The van der Waals surface area contributed by atoms with Crippen LogP contribution in [0.5, 0.6) is 0 Å². The van der Waals surface area contributed by atoms with E-state index in [1.807, 2.05) is 30.3 Å². The number of hydrogen-bond acceptors (Lipinski definition) is 4. The van der Waals surface area contributed by atoms with Gasteiger partial charge in [-0.1, -0.05) is 31.9 Å². The Hall–Kier alpha value is -2.43. The normalized spacial score (nSPS) is 14.7. The molecule has 23 heavy (non-hydrogen) atoms. The zero-order valence-electron chi connectivity index (χ0n) is 13.4. The van der Waals surface area contributed by atoms with Crippen LogP contribution >= 0.6 is 0 Å². The number of aromatic nitrogens is 2. The maximum Gasteiger partial charge on any atom is 0.276 e. The van der Waals surface area contributed by atoms with Crippen molar-refractivity contribution in [2.24, 2.45) is 0 Å². The van der Waals surface area contributed by atoms with E-state index in [0.29, 0.717) is 11.7 Å². The molecule has 3 rings (SSSR count). The Morgan fingerprint density at radius 2 is 1.83 bits per heavy atom. The molecule has 1 aromatic heterocycles. The van der Waals surface area contributed by atoms with Gasteiger partial charge >= 0.3 is 0 Å². The van der Waals surface area contributed by atoms with Gasteiger partial charge in [0.1, 0.15) is 5.82 Å². The molecule has 1 fully saturated rings. The van der Waals surface area contributed by atoms with Crippen LogP contribution in [0, 0.1) is 0 Å². The molecule has 2 N–H and O–H groups in total. The van der Waals surface area contributed by atoms with E-state index in [0.717, 1.165) is 17.9 Å². The van der Waals surface area contributed by atoms with Crippen LogP contribution in [-0.4, -0.2) is 22.1 Å². The van der Waals surface area contributed by atoms with Gasteiger partial charge in [0.15, 0.2) is 5.69 Å². The van der Waals surface area contributed by atoms with Gasteiger partial charge in [-0.05, 0) is 49.1 Å². The fourth-order valence-electron chi connectivity index (χ4n) is 2.83. The summed E-state index contributed by atoms with van der Waals surface area (Å²) in [6.07, 6.45) is 5.87. The smallest absolute Gasteiger partial charge is 0.276 e. The summed E-state index contributed by atoms with van der Waals surface area (Å²) >= 11 is 0. The molecule has 1 aromatic carbocycles. The molecule has 1 amide bonds. The van der Waals surface area contributed by atoms with Gasteiger partial charge in [0.25, 0.3) is 5.91 Å². The Morgan fingerprint density at radius 3 is 2.43 bits per heavy atom. The van der Waals surface area contributed by atoms with Crippen LogP contribution in [0.3, 0.4) is 0 Å². The van der Waals surface area contributed by atoms with Crippen LogP contribution < -0.4 is 10.6 Å². The quantitative estimate of drug-likeness (QED) is 0.884. The standard InChI is InChI=1S/C18H22N4O/c1-2-13-7-9-15(10-8-13)20-18(23)16-11-12-17(22-21-16)19-14-5-3-4-6-14/h7-12,14H,2-6H2,1H3,(H,19,22)(H,20,23). The van der Waals surface area contributed by atoms with Gasteiger partial charge in [-0.3, -0.25) is 4.79 Å². The highest BCUT2D eigenvalue weighted by atomic mass is 16.1. The highest BCUT2D eigenvalue weighted by Crippen LogP contribution is 2.21. The average Bonchev–Trinajstić information content (AvgIpc) is 3.09. The van der Waals surface area contributed by atoms with E-state index in [1.54, 1.807) is 6.07 Å². The maximum atomic E-state index is 12.2. The van der Waals surface area contributed by atoms with Crippen molar-refractivity contribution in [3.05, 3.63) is 47.7 Å². The van der Waals surface area contributed by atoms with Gasteiger partial charge in [-0.15, -0.1) is 10.2 Å². The predicted molar refractivity (Wildman–Crippen MR) is 91.7 cm³/mol.